The number of hydrogen-bond acceptors (Lipinski definition) is 3. The number of carbonyl (C=O) groups is 3. The van der Waals surface area contributed by atoms with Gasteiger partial charge in [-0.05, 0) is 74.2 Å². The minimum Gasteiger partial charge on any atom is -0.352 e. The SMILES string of the molecule is C=CCNC(=O)C1CCCN(C(=O)Nc2ccc(NC(=O)Nc3ccc(C)c(C)c3)cc2)C1. The molecule has 0 aromatic heterocycles. The van der Waals surface area contributed by atoms with Gasteiger partial charge in [-0.2, -0.15) is 0 Å². The zero-order valence-corrected chi connectivity index (χ0v) is 19.1. The van der Waals surface area contributed by atoms with Crippen LogP contribution in [0.15, 0.2) is 55.1 Å². The molecule has 1 aliphatic heterocycles. The number of carbonyl (C=O) groups excluding carboxylic acids is 3. The summed E-state index contributed by atoms with van der Waals surface area (Å²) in [6.07, 6.45) is 3.17. The molecule has 1 unspecified atom stereocenters. The molecule has 0 bridgehead atoms. The fraction of sp³-hybridized carbons (Fsp3) is 0.320. The van der Waals surface area contributed by atoms with Crippen LogP contribution in [0.3, 0.4) is 0 Å². The lowest BCUT2D eigenvalue weighted by Crippen LogP contribution is -2.46. The van der Waals surface area contributed by atoms with Crippen molar-refractivity contribution < 1.29 is 14.4 Å². The molecule has 1 aliphatic rings. The Morgan fingerprint density at radius 1 is 0.970 bits per heavy atom. The highest BCUT2D eigenvalue weighted by Gasteiger charge is 2.28. The maximum atomic E-state index is 12.7. The fourth-order valence-electron chi connectivity index (χ4n) is 3.64. The number of anilines is 3. The van der Waals surface area contributed by atoms with Crippen LogP contribution in [-0.2, 0) is 4.79 Å². The zero-order chi connectivity index (χ0) is 23.8. The van der Waals surface area contributed by atoms with Crippen molar-refractivity contribution in [3.8, 4) is 0 Å². The summed E-state index contributed by atoms with van der Waals surface area (Å²) in [5.41, 5.74) is 4.20. The lowest BCUT2D eigenvalue weighted by molar-refractivity contribution is -0.126. The van der Waals surface area contributed by atoms with Gasteiger partial charge in [0.2, 0.25) is 5.91 Å². The first kappa shape index (κ1) is 23.8. The molecule has 0 aliphatic carbocycles. The monoisotopic (exact) mass is 449 g/mol. The van der Waals surface area contributed by atoms with Crippen molar-refractivity contribution in [2.24, 2.45) is 5.92 Å². The molecule has 1 heterocycles. The second-order valence-corrected chi connectivity index (χ2v) is 8.20. The molecule has 174 valence electrons. The Kier molecular flexibility index (Phi) is 8.07. The Bertz CT molecular complexity index is 1020. The molecule has 2 aromatic carbocycles. The number of nitrogens with zero attached hydrogens (tertiary/aromatic N) is 1. The fourth-order valence-corrected chi connectivity index (χ4v) is 3.64. The highest BCUT2D eigenvalue weighted by Crippen LogP contribution is 2.20. The van der Waals surface area contributed by atoms with Gasteiger partial charge in [0.05, 0.1) is 5.92 Å². The van der Waals surface area contributed by atoms with Crippen LogP contribution in [0.1, 0.15) is 24.0 Å². The number of aryl methyl sites for hydroxylation is 2. The van der Waals surface area contributed by atoms with Crippen LogP contribution in [0, 0.1) is 19.8 Å². The summed E-state index contributed by atoms with van der Waals surface area (Å²) in [5.74, 6) is -0.270. The molecular formula is C25H31N5O3. The van der Waals surface area contributed by atoms with Gasteiger partial charge in [0.1, 0.15) is 0 Å². The molecule has 1 atom stereocenters. The van der Waals surface area contributed by atoms with Gasteiger partial charge in [0, 0.05) is 36.7 Å². The second-order valence-electron chi connectivity index (χ2n) is 8.20. The van der Waals surface area contributed by atoms with Crippen molar-refractivity contribution in [2.45, 2.75) is 26.7 Å². The normalized spacial score (nSPS) is 15.3. The summed E-state index contributed by atoms with van der Waals surface area (Å²) in [5, 5.41) is 11.2. The van der Waals surface area contributed by atoms with Gasteiger partial charge in [0.15, 0.2) is 0 Å². The van der Waals surface area contributed by atoms with E-state index in [4.69, 9.17) is 0 Å². The Morgan fingerprint density at radius 2 is 1.61 bits per heavy atom. The summed E-state index contributed by atoms with van der Waals surface area (Å²) in [7, 11) is 0. The number of urea groups is 2. The van der Waals surface area contributed by atoms with Gasteiger partial charge >= 0.3 is 12.1 Å². The Hall–Kier alpha value is -3.81. The molecule has 0 spiro atoms. The predicted molar refractivity (Wildman–Crippen MR) is 132 cm³/mol. The minimum absolute atomic E-state index is 0.0538. The summed E-state index contributed by atoms with van der Waals surface area (Å²) in [4.78, 5) is 38.8. The van der Waals surface area contributed by atoms with Crippen LogP contribution < -0.4 is 21.3 Å². The smallest absolute Gasteiger partial charge is 0.323 e. The molecule has 33 heavy (non-hydrogen) atoms. The highest BCUT2D eigenvalue weighted by molar-refractivity contribution is 6.00. The lowest BCUT2D eigenvalue weighted by atomic mass is 9.97. The number of likely N-dealkylation sites (tertiary alicyclic amines) is 1. The second kappa shape index (κ2) is 11.2. The van der Waals surface area contributed by atoms with E-state index in [2.05, 4.69) is 27.8 Å². The van der Waals surface area contributed by atoms with E-state index in [-0.39, 0.29) is 23.9 Å². The zero-order valence-electron chi connectivity index (χ0n) is 19.1. The molecular weight excluding hydrogens is 418 g/mol. The summed E-state index contributed by atoms with van der Waals surface area (Å²) >= 11 is 0. The number of amides is 5. The molecule has 4 N–H and O–H groups in total. The first-order valence-electron chi connectivity index (χ1n) is 11.1. The van der Waals surface area contributed by atoms with Gasteiger partial charge in [-0.1, -0.05) is 12.1 Å². The number of piperidine rings is 1. The maximum absolute atomic E-state index is 12.7. The summed E-state index contributed by atoms with van der Waals surface area (Å²) in [6.45, 7) is 9.02. The van der Waals surface area contributed by atoms with Gasteiger partial charge in [-0.3, -0.25) is 4.79 Å². The van der Waals surface area contributed by atoms with Gasteiger partial charge in [0.25, 0.3) is 0 Å². The molecule has 8 nitrogen and oxygen atoms in total. The Morgan fingerprint density at radius 3 is 2.27 bits per heavy atom. The highest BCUT2D eigenvalue weighted by atomic mass is 16.2. The lowest BCUT2D eigenvalue weighted by Gasteiger charge is -2.32. The molecule has 1 fully saturated rings. The quantitative estimate of drug-likeness (QED) is 0.489. The molecule has 0 saturated carbocycles. The van der Waals surface area contributed by atoms with Crippen molar-refractivity contribution >= 4 is 35.0 Å². The predicted octanol–water partition coefficient (Wildman–Crippen LogP) is 4.49. The molecule has 5 amide bonds. The summed E-state index contributed by atoms with van der Waals surface area (Å²) < 4.78 is 0. The third kappa shape index (κ3) is 6.83. The third-order valence-corrected chi connectivity index (χ3v) is 5.66. The molecule has 2 aromatic rings. The Labute approximate surface area is 194 Å². The third-order valence-electron chi connectivity index (χ3n) is 5.66. The Balaban J connectivity index is 1.50. The standard InChI is InChI=1S/C25H31N5O3/c1-4-13-26-23(31)19-6-5-14-30(16-19)25(33)29-21-11-9-20(10-12-21)27-24(32)28-22-8-7-17(2)18(3)15-22/h4,7-12,15,19H,1,5-6,13-14,16H2,2-3H3,(H,26,31)(H,29,33)(H2,27,28,32). The van der Waals surface area contributed by atoms with Crippen molar-refractivity contribution in [3.63, 3.8) is 0 Å². The van der Waals surface area contributed by atoms with Crippen LogP contribution in [-0.4, -0.2) is 42.5 Å². The van der Waals surface area contributed by atoms with E-state index >= 15 is 0 Å². The van der Waals surface area contributed by atoms with Gasteiger partial charge in [-0.25, -0.2) is 9.59 Å². The van der Waals surface area contributed by atoms with E-state index in [1.54, 1.807) is 35.2 Å². The number of rotatable bonds is 6. The molecule has 0 radical (unpaired) electrons. The van der Waals surface area contributed by atoms with Gasteiger partial charge in [-0.15, -0.1) is 6.58 Å². The van der Waals surface area contributed by atoms with Gasteiger partial charge < -0.3 is 26.2 Å². The summed E-state index contributed by atoms with van der Waals surface area (Å²) in [6, 6.07) is 12.0. The molecule has 1 saturated heterocycles. The van der Waals surface area contributed by atoms with Crippen LogP contribution in [0.25, 0.3) is 0 Å². The average Bonchev–Trinajstić information content (AvgIpc) is 2.81. The first-order chi connectivity index (χ1) is 15.9. The van der Waals surface area contributed by atoms with E-state index in [0.29, 0.717) is 31.0 Å². The van der Waals surface area contributed by atoms with Crippen LogP contribution in [0.4, 0.5) is 26.7 Å². The minimum atomic E-state index is -0.343. The number of benzene rings is 2. The maximum Gasteiger partial charge on any atom is 0.323 e. The van der Waals surface area contributed by atoms with E-state index < -0.39 is 0 Å². The van der Waals surface area contributed by atoms with E-state index in [1.165, 1.54) is 0 Å². The van der Waals surface area contributed by atoms with E-state index in [9.17, 15) is 14.4 Å². The topological polar surface area (TPSA) is 103 Å². The van der Waals surface area contributed by atoms with E-state index in [1.807, 2.05) is 32.0 Å². The average molecular weight is 450 g/mol. The van der Waals surface area contributed by atoms with Crippen molar-refractivity contribution in [1.29, 1.82) is 0 Å². The van der Waals surface area contributed by atoms with Crippen LogP contribution in [0.5, 0.6) is 0 Å². The largest absolute Gasteiger partial charge is 0.352 e. The van der Waals surface area contributed by atoms with Crippen LogP contribution in [0.2, 0.25) is 0 Å². The van der Waals surface area contributed by atoms with Crippen LogP contribution >= 0.6 is 0 Å². The van der Waals surface area contributed by atoms with E-state index in [0.717, 1.165) is 29.7 Å². The molecule has 3 rings (SSSR count). The number of nitrogens with one attached hydrogen (secondary N) is 4. The van der Waals surface area contributed by atoms with Crippen molar-refractivity contribution in [2.75, 3.05) is 35.6 Å². The molecule has 8 heteroatoms. The van der Waals surface area contributed by atoms with Crippen molar-refractivity contribution in [1.82, 2.24) is 10.2 Å². The van der Waals surface area contributed by atoms with Crippen molar-refractivity contribution in [3.05, 3.63) is 66.2 Å². The first-order valence-corrected chi connectivity index (χ1v) is 11.1. The number of hydrogen-bond donors (Lipinski definition) is 4.